The molecule has 2 aromatic rings. The average molecular weight is 267 g/mol. The van der Waals surface area contributed by atoms with Gasteiger partial charge in [0.05, 0.1) is 11.1 Å². The molecule has 0 aliphatic carbocycles. The fraction of sp³-hybridized carbons (Fsp3) is 0.250. The molecule has 0 N–H and O–H groups in total. The smallest absolute Gasteiger partial charge is 0.270 e. The van der Waals surface area contributed by atoms with E-state index >= 15 is 0 Å². The first-order valence-corrected chi connectivity index (χ1v) is 5.91. The van der Waals surface area contributed by atoms with Crippen molar-refractivity contribution in [2.45, 2.75) is 13.3 Å². The molecule has 0 saturated heterocycles. The third kappa shape index (κ3) is 2.51. The van der Waals surface area contributed by atoms with Gasteiger partial charge in [-0.1, -0.05) is 6.07 Å². The van der Waals surface area contributed by atoms with E-state index in [4.69, 9.17) is 16.0 Å². The van der Waals surface area contributed by atoms with Crippen LogP contribution in [0.25, 0.3) is 11.3 Å². The first-order valence-electron chi connectivity index (χ1n) is 5.38. The van der Waals surface area contributed by atoms with Gasteiger partial charge in [0, 0.05) is 30.0 Å². The van der Waals surface area contributed by atoms with Crippen LogP contribution < -0.4 is 0 Å². The number of halogens is 1. The number of aromatic nitrogens is 1. The standard InChI is InChI=1S/C12H11ClN2O3/c1-8-2-3-9(15(16)17)6-10(8)11-7-14-12(18-11)4-5-13/h2-3,6-7H,4-5H2,1H3. The second kappa shape index (κ2) is 5.18. The van der Waals surface area contributed by atoms with Crippen molar-refractivity contribution >= 4 is 17.3 Å². The van der Waals surface area contributed by atoms with Gasteiger partial charge in [-0.25, -0.2) is 4.98 Å². The number of non-ortho nitro benzene ring substituents is 1. The van der Waals surface area contributed by atoms with Gasteiger partial charge in [0.15, 0.2) is 11.7 Å². The van der Waals surface area contributed by atoms with Crippen LogP contribution in [-0.4, -0.2) is 15.8 Å². The summed E-state index contributed by atoms with van der Waals surface area (Å²) < 4.78 is 5.51. The Kier molecular flexibility index (Phi) is 3.62. The van der Waals surface area contributed by atoms with E-state index in [2.05, 4.69) is 4.98 Å². The number of alkyl halides is 1. The van der Waals surface area contributed by atoms with Gasteiger partial charge in [0.1, 0.15) is 0 Å². The Hall–Kier alpha value is -1.88. The molecule has 0 aliphatic heterocycles. The van der Waals surface area contributed by atoms with Crippen molar-refractivity contribution in [3.63, 3.8) is 0 Å². The molecule has 0 unspecified atom stereocenters. The summed E-state index contributed by atoms with van der Waals surface area (Å²) in [5, 5.41) is 10.7. The van der Waals surface area contributed by atoms with Gasteiger partial charge in [0.2, 0.25) is 0 Å². The van der Waals surface area contributed by atoms with E-state index in [9.17, 15) is 10.1 Å². The van der Waals surface area contributed by atoms with Gasteiger partial charge in [-0.05, 0) is 12.5 Å². The molecule has 0 spiro atoms. The van der Waals surface area contributed by atoms with Crippen molar-refractivity contribution in [3.8, 4) is 11.3 Å². The molecular formula is C12H11ClN2O3. The summed E-state index contributed by atoms with van der Waals surface area (Å²) in [5.41, 5.74) is 1.61. The highest BCUT2D eigenvalue weighted by Gasteiger charge is 2.13. The second-order valence-corrected chi connectivity index (χ2v) is 4.19. The molecule has 0 amide bonds. The highest BCUT2D eigenvalue weighted by atomic mass is 35.5. The van der Waals surface area contributed by atoms with Gasteiger partial charge < -0.3 is 4.42 Å². The Morgan fingerprint density at radius 2 is 2.28 bits per heavy atom. The van der Waals surface area contributed by atoms with Crippen LogP contribution in [0.15, 0.2) is 28.8 Å². The van der Waals surface area contributed by atoms with Crippen molar-refractivity contribution in [2.75, 3.05) is 5.88 Å². The van der Waals surface area contributed by atoms with Crippen molar-refractivity contribution in [1.29, 1.82) is 0 Å². The highest BCUT2D eigenvalue weighted by molar-refractivity contribution is 6.17. The maximum Gasteiger partial charge on any atom is 0.270 e. The van der Waals surface area contributed by atoms with Crippen LogP contribution in [0.4, 0.5) is 5.69 Å². The highest BCUT2D eigenvalue weighted by Crippen LogP contribution is 2.28. The van der Waals surface area contributed by atoms with Crippen molar-refractivity contribution in [2.24, 2.45) is 0 Å². The van der Waals surface area contributed by atoms with Gasteiger partial charge in [0.25, 0.3) is 5.69 Å². The Morgan fingerprint density at radius 3 is 2.94 bits per heavy atom. The second-order valence-electron chi connectivity index (χ2n) is 3.81. The fourth-order valence-electron chi connectivity index (χ4n) is 1.62. The number of oxazole rings is 1. The predicted molar refractivity (Wildman–Crippen MR) is 67.8 cm³/mol. The lowest BCUT2D eigenvalue weighted by atomic mass is 10.1. The predicted octanol–water partition coefficient (Wildman–Crippen LogP) is 3.34. The lowest BCUT2D eigenvalue weighted by Gasteiger charge is -2.01. The molecule has 0 saturated carbocycles. The molecule has 18 heavy (non-hydrogen) atoms. The fourth-order valence-corrected chi connectivity index (χ4v) is 1.78. The summed E-state index contributed by atoms with van der Waals surface area (Å²) in [6.45, 7) is 1.86. The zero-order chi connectivity index (χ0) is 13.1. The molecule has 0 atom stereocenters. The SMILES string of the molecule is Cc1ccc([N+](=O)[O-])cc1-c1cnc(CCCl)o1. The number of benzene rings is 1. The van der Waals surface area contributed by atoms with Crippen molar-refractivity contribution in [1.82, 2.24) is 4.98 Å². The molecule has 0 aliphatic rings. The number of aryl methyl sites for hydroxylation is 2. The van der Waals surface area contributed by atoms with E-state index in [1.165, 1.54) is 12.1 Å². The van der Waals surface area contributed by atoms with Crippen LogP contribution in [0.3, 0.4) is 0 Å². The van der Waals surface area contributed by atoms with E-state index in [0.29, 0.717) is 29.5 Å². The largest absolute Gasteiger partial charge is 0.441 e. The van der Waals surface area contributed by atoms with Crippen molar-refractivity contribution < 1.29 is 9.34 Å². The maximum absolute atomic E-state index is 10.7. The van der Waals surface area contributed by atoms with E-state index in [0.717, 1.165) is 5.56 Å². The van der Waals surface area contributed by atoms with Crippen LogP contribution in [0.5, 0.6) is 0 Å². The zero-order valence-corrected chi connectivity index (χ0v) is 10.5. The molecule has 5 nitrogen and oxygen atoms in total. The summed E-state index contributed by atoms with van der Waals surface area (Å²) in [6, 6.07) is 4.65. The van der Waals surface area contributed by atoms with E-state index in [1.807, 2.05) is 6.92 Å². The topological polar surface area (TPSA) is 69.2 Å². The normalized spacial score (nSPS) is 10.6. The maximum atomic E-state index is 10.7. The van der Waals surface area contributed by atoms with E-state index in [1.54, 1.807) is 12.3 Å². The van der Waals surface area contributed by atoms with Gasteiger partial charge in [-0.15, -0.1) is 11.6 Å². The summed E-state index contributed by atoms with van der Waals surface area (Å²) in [6.07, 6.45) is 2.10. The van der Waals surface area contributed by atoms with E-state index < -0.39 is 4.92 Å². The number of nitro benzene ring substituents is 1. The van der Waals surface area contributed by atoms with Gasteiger partial charge >= 0.3 is 0 Å². The van der Waals surface area contributed by atoms with Crippen LogP contribution in [-0.2, 0) is 6.42 Å². The van der Waals surface area contributed by atoms with Crippen LogP contribution in [0, 0.1) is 17.0 Å². The monoisotopic (exact) mass is 266 g/mol. The number of hydrogen-bond donors (Lipinski definition) is 0. The average Bonchev–Trinajstić information content (AvgIpc) is 2.78. The Labute approximate surface area is 109 Å². The number of nitro groups is 1. The molecule has 1 heterocycles. The number of hydrogen-bond acceptors (Lipinski definition) is 4. The summed E-state index contributed by atoms with van der Waals surface area (Å²) in [5.74, 6) is 1.48. The number of nitrogens with zero attached hydrogens (tertiary/aromatic N) is 2. The molecule has 0 bridgehead atoms. The summed E-state index contributed by atoms with van der Waals surface area (Å²) in [4.78, 5) is 14.4. The minimum absolute atomic E-state index is 0.0332. The molecule has 1 aromatic carbocycles. The van der Waals surface area contributed by atoms with Crippen molar-refractivity contribution in [3.05, 3.63) is 46.0 Å². The first-order chi connectivity index (χ1) is 8.61. The van der Waals surface area contributed by atoms with E-state index in [-0.39, 0.29) is 5.69 Å². The molecule has 6 heteroatoms. The Bertz CT molecular complexity index is 580. The zero-order valence-electron chi connectivity index (χ0n) is 9.72. The molecule has 0 fully saturated rings. The molecular weight excluding hydrogens is 256 g/mol. The third-order valence-electron chi connectivity index (χ3n) is 2.56. The van der Waals surface area contributed by atoms with Gasteiger partial charge in [-0.2, -0.15) is 0 Å². The number of rotatable bonds is 4. The lowest BCUT2D eigenvalue weighted by molar-refractivity contribution is -0.384. The summed E-state index contributed by atoms with van der Waals surface area (Å²) in [7, 11) is 0. The van der Waals surface area contributed by atoms with Crippen LogP contribution >= 0.6 is 11.6 Å². The molecule has 2 rings (SSSR count). The minimum Gasteiger partial charge on any atom is -0.441 e. The first kappa shape index (κ1) is 12.6. The summed E-state index contributed by atoms with van der Waals surface area (Å²) >= 11 is 5.60. The third-order valence-corrected chi connectivity index (χ3v) is 2.75. The molecule has 0 radical (unpaired) electrons. The van der Waals surface area contributed by atoms with Gasteiger partial charge in [-0.3, -0.25) is 10.1 Å². The Balaban J connectivity index is 2.41. The quantitative estimate of drug-likeness (QED) is 0.483. The minimum atomic E-state index is -0.432. The van der Waals surface area contributed by atoms with Crippen LogP contribution in [0.1, 0.15) is 11.5 Å². The lowest BCUT2D eigenvalue weighted by Crippen LogP contribution is -1.90. The van der Waals surface area contributed by atoms with Crippen LogP contribution in [0.2, 0.25) is 0 Å². The molecule has 94 valence electrons. The molecule has 1 aromatic heterocycles. The Morgan fingerprint density at radius 1 is 1.50 bits per heavy atom.